The average Bonchev–Trinajstić information content (AvgIpc) is 3.21. The van der Waals surface area contributed by atoms with Crippen molar-refractivity contribution in [1.82, 2.24) is 25.1 Å². The van der Waals surface area contributed by atoms with E-state index in [1.54, 1.807) is 16.8 Å². The van der Waals surface area contributed by atoms with E-state index >= 15 is 0 Å². The first-order chi connectivity index (χ1) is 14.1. The van der Waals surface area contributed by atoms with Crippen molar-refractivity contribution >= 4 is 46.6 Å². The molecule has 1 fully saturated rings. The number of nitrogens with zero attached hydrogens (tertiary/aromatic N) is 6. The van der Waals surface area contributed by atoms with Crippen LogP contribution in [0, 0.1) is 0 Å². The molecular formula is C19H18Cl2N6OS. The number of thioether (sulfide) groups is 1. The lowest BCUT2D eigenvalue weighted by molar-refractivity contribution is -0.128. The quantitative estimate of drug-likeness (QED) is 0.557. The molecule has 0 bridgehead atoms. The van der Waals surface area contributed by atoms with E-state index in [0.29, 0.717) is 23.3 Å². The third-order valence-corrected chi connectivity index (χ3v) is 6.03. The van der Waals surface area contributed by atoms with E-state index in [4.69, 9.17) is 23.2 Å². The second-order valence-corrected chi connectivity index (χ2v) is 8.30. The normalized spacial score (nSPS) is 14.3. The second-order valence-electron chi connectivity index (χ2n) is 6.49. The van der Waals surface area contributed by atoms with Crippen LogP contribution in [0.1, 0.15) is 0 Å². The van der Waals surface area contributed by atoms with Crippen LogP contribution in [-0.4, -0.2) is 62.9 Å². The molecule has 0 aliphatic carbocycles. The Morgan fingerprint density at radius 1 is 0.966 bits per heavy atom. The number of halogens is 2. The Hall–Kier alpha value is -2.29. The van der Waals surface area contributed by atoms with E-state index < -0.39 is 0 Å². The maximum Gasteiger partial charge on any atom is 0.233 e. The van der Waals surface area contributed by atoms with Crippen LogP contribution in [0.25, 0.3) is 5.69 Å². The molecule has 0 spiro atoms. The van der Waals surface area contributed by atoms with E-state index in [2.05, 4.69) is 20.4 Å². The van der Waals surface area contributed by atoms with Crippen LogP contribution in [0.4, 0.5) is 5.69 Å². The summed E-state index contributed by atoms with van der Waals surface area (Å²) in [5.74, 6) is 0.358. The highest BCUT2D eigenvalue weighted by molar-refractivity contribution is 7.99. The standard InChI is InChI=1S/C19H18Cl2N6OS/c20-14-4-6-16(7-5-14)27-19(22-23-24-27)29-13-18(28)26-10-8-25(9-11-26)17-3-1-2-15(21)12-17/h1-7,12H,8-11,13H2. The predicted molar refractivity (Wildman–Crippen MR) is 115 cm³/mol. The van der Waals surface area contributed by atoms with Crippen molar-refractivity contribution in [1.29, 1.82) is 0 Å². The van der Waals surface area contributed by atoms with Gasteiger partial charge < -0.3 is 9.80 Å². The Balaban J connectivity index is 1.32. The minimum absolute atomic E-state index is 0.0754. The summed E-state index contributed by atoms with van der Waals surface area (Å²) in [5, 5.41) is 13.7. The first kappa shape index (κ1) is 20.0. The van der Waals surface area contributed by atoms with Crippen molar-refractivity contribution < 1.29 is 4.79 Å². The maximum absolute atomic E-state index is 12.7. The van der Waals surface area contributed by atoms with Crippen LogP contribution < -0.4 is 4.90 Å². The van der Waals surface area contributed by atoms with Crippen LogP contribution >= 0.6 is 35.0 Å². The Morgan fingerprint density at radius 2 is 1.72 bits per heavy atom. The number of amides is 1. The summed E-state index contributed by atoms with van der Waals surface area (Å²) in [7, 11) is 0. The Morgan fingerprint density at radius 3 is 2.45 bits per heavy atom. The molecule has 0 unspecified atom stereocenters. The zero-order valence-electron chi connectivity index (χ0n) is 15.4. The number of anilines is 1. The Labute approximate surface area is 182 Å². The number of rotatable bonds is 5. The molecule has 7 nitrogen and oxygen atoms in total. The number of carbonyl (C=O) groups is 1. The first-order valence-electron chi connectivity index (χ1n) is 9.05. The van der Waals surface area contributed by atoms with E-state index in [1.807, 2.05) is 41.3 Å². The van der Waals surface area contributed by atoms with Crippen molar-refractivity contribution in [3.8, 4) is 5.69 Å². The minimum atomic E-state index is 0.0754. The number of benzene rings is 2. The molecule has 2 aromatic carbocycles. The number of hydrogen-bond donors (Lipinski definition) is 0. The van der Waals surface area contributed by atoms with Crippen LogP contribution in [0.15, 0.2) is 53.7 Å². The lowest BCUT2D eigenvalue weighted by Crippen LogP contribution is -2.49. The summed E-state index contributed by atoms with van der Waals surface area (Å²) in [6.45, 7) is 2.90. The summed E-state index contributed by atoms with van der Waals surface area (Å²) >= 11 is 13.3. The fraction of sp³-hybridized carbons (Fsp3) is 0.263. The molecule has 29 heavy (non-hydrogen) atoms. The van der Waals surface area contributed by atoms with Crippen LogP contribution in [0.2, 0.25) is 10.0 Å². The van der Waals surface area contributed by atoms with E-state index in [-0.39, 0.29) is 11.7 Å². The van der Waals surface area contributed by atoms with Gasteiger partial charge >= 0.3 is 0 Å². The molecule has 1 aromatic heterocycles. The van der Waals surface area contributed by atoms with Crippen molar-refractivity contribution in [2.45, 2.75) is 5.16 Å². The molecule has 3 aromatic rings. The Bertz CT molecular complexity index is 988. The first-order valence-corrected chi connectivity index (χ1v) is 10.8. The van der Waals surface area contributed by atoms with Gasteiger partial charge in [-0.3, -0.25) is 4.79 Å². The van der Waals surface area contributed by atoms with E-state index in [1.165, 1.54) is 11.8 Å². The van der Waals surface area contributed by atoms with Gasteiger partial charge in [0.25, 0.3) is 0 Å². The molecule has 2 heterocycles. The molecule has 4 rings (SSSR count). The maximum atomic E-state index is 12.7. The van der Waals surface area contributed by atoms with Gasteiger partial charge in [-0.05, 0) is 52.9 Å². The third-order valence-electron chi connectivity index (χ3n) is 4.64. The monoisotopic (exact) mass is 448 g/mol. The lowest BCUT2D eigenvalue weighted by Gasteiger charge is -2.36. The third kappa shape index (κ3) is 4.83. The fourth-order valence-electron chi connectivity index (χ4n) is 3.12. The van der Waals surface area contributed by atoms with Gasteiger partial charge in [-0.1, -0.05) is 41.0 Å². The lowest BCUT2D eigenvalue weighted by atomic mass is 10.2. The number of tetrazole rings is 1. The van der Waals surface area contributed by atoms with Crippen molar-refractivity contribution in [3.63, 3.8) is 0 Å². The molecule has 10 heteroatoms. The van der Waals surface area contributed by atoms with E-state index in [0.717, 1.165) is 29.5 Å². The molecular weight excluding hydrogens is 431 g/mol. The smallest absolute Gasteiger partial charge is 0.233 e. The van der Waals surface area contributed by atoms with Crippen LogP contribution in [-0.2, 0) is 4.79 Å². The van der Waals surface area contributed by atoms with Gasteiger partial charge in [-0.25, -0.2) is 0 Å². The molecule has 1 saturated heterocycles. The van der Waals surface area contributed by atoms with Gasteiger partial charge in [0.05, 0.1) is 11.4 Å². The van der Waals surface area contributed by atoms with Crippen LogP contribution in [0.5, 0.6) is 0 Å². The minimum Gasteiger partial charge on any atom is -0.368 e. The average molecular weight is 449 g/mol. The van der Waals surface area contributed by atoms with Gasteiger partial charge in [0.15, 0.2) is 0 Å². The van der Waals surface area contributed by atoms with Gasteiger partial charge in [0, 0.05) is 41.9 Å². The summed E-state index contributed by atoms with van der Waals surface area (Å²) in [6, 6.07) is 15.0. The zero-order chi connectivity index (χ0) is 20.2. The number of aromatic nitrogens is 4. The Kier molecular flexibility index (Phi) is 6.22. The molecule has 0 saturated carbocycles. The van der Waals surface area contributed by atoms with Crippen molar-refractivity contribution in [3.05, 3.63) is 58.6 Å². The highest BCUT2D eigenvalue weighted by Crippen LogP contribution is 2.22. The van der Waals surface area contributed by atoms with Gasteiger partial charge in [0.1, 0.15) is 0 Å². The largest absolute Gasteiger partial charge is 0.368 e. The molecule has 0 radical (unpaired) electrons. The van der Waals surface area contributed by atoms with Crippen LogP contribution in [0.3, 0.4) is 0 Å². The summed E-state index contributed by atoms with van der Waals surface area (Å²) < 4.78 is 1.60. The van der Waals surface area contributed by atoms with Gasteiger partial charge in [0.2, 0.25) is 11.1 Å². The summed E-state index contributed by atoms with van der Waals surface area (Å²) in [6.07, 6.45) is 0. The molecule has 1 aliphatic rings. The van der Waals surface area contributed by atoms with Gasteiger partial charge in [-0.2, -0.15) is 4.68 Å². The highest BCUT2D eigenvalue weighted by Gasteiger charge is 2.22. The summed E-state index contributed by atoms with van der Waals surface area (Å²) in [4.78, 5) is 16.8. The number of hydrogen-bond acceptors (Lipinski definition) is 6. The fourth-order valence-corrected chi connectivity index (χ4v) is 4.22. The van der Waals surface area contributed by atoms with Crippen molar-refractivity contribution in [2.24, 2.45) is 0 Å². The SMILES string of the molecule is O=C(CSc1nnnn1-c1ccc(Cl)cc1)N1CCN(c2cccc(Cl)c2)CC1. The summed E-state index contributed by atoms with van der Waals surface area (Å²) in [5.41, 5.74) is 1.88. The highest BCUT2D eigenvalue weighted by atomic mass is 35.5. The predicted octanol–water partition coefficient (Wildman–Crippen LogP) is 3.41. The molecule has 0 N–H and O–H groups in total. The number of piperazine rings is 1. The molecule has 0 atom stereocenters. The zero-order valence-corrected chi connectivity index (χ0v) is 17.7. The van der Waals surface area contributed by atoms with E-state index in [9.17, 15) is 4.79 Å². The molecule has 1 amide bonds. The molecule has 150 valence electrons. The van der Waals surface area contributed by atoms with Crippen molar-refractivity contribution in [2.75, 3.05) is 36.8 Å². The number of carbonyl (C=O) groups excluding carboxylic acids is 1. The molecule has 1 aliphatic heterocycles. The topological polar surface area (TPSA) is 67.2 Å². The second kappa shape index (κ2) is 9.02. The van der Waals surface area contributed by atoms with Gasteiger partial charge in [-0.15, -0.1) is 5.10 Å².